The Balaban J connectivity index is 1.67. The number of carbonyl (C=O) groups excluding carboxylic acids is 1. The highest BCUT2D eigenvalue weighted by molar-refractivity contribution is 7.98. The summed E-state index contributed by atoms with van der Waals surface area (Å²) in [6, 6.07) is 19.3. The lowest BCUT2D eigenvalue weighted by Crippen LogP contribution is -2.00. The van der Waals surface area contributed by atoms with Crippen LogP contribution in [-0.4, -0.2) is 35.0 Å². The molecular formula is C23H21N3O4S. The van der Waals surface area contributed by atoms with Crippen molar-refractivity contribution in [3.8, 4) is 22.8 Å². The molecule has 0 unspecified atom stereocenters. The van der Waals surface area contributed by atoms with Crippen LogP contribution in [0, 0.1) is 6.92 Å². The number of furan rings is 1. The average Bonchev–Trinajstić information content (AvgIpc) is 3.45. The fraction of sp³-hybridized carbons (Fsp3) is 0.174. The van der Waals surface area contributed by atoms with Gasteiger partial charge in [0.1, 0.15) is 11.5 Å². The molecule has 31 heavy (non-hydrogen) atoms. The van der Waals surface area contributed by atoms with E-state index in [1.807, 2.05) is 47.9 Å². The summed E-state index contributed by atoms with van der Waals surface area (Å²) < 4.78 is 17.5. The van der Waals surface area contributed by atoms with Gasteiger partial charge in [-0.25, -0.2) is 4.79 Å². The van der Waals surface area contributed by atoms with Crippen molar-refractivity contribution < 1.29 is 18.7 Å². The number of esters is 1. The molecule has 158 valence electrons. The Bertz CT molecular complexity index is 1180. The zero-order chi connectivity index (χ0) is 21.8. The molecule has 0 radical (unpaired) electrons. The van der Waals surface area contributed by atoms with E-state index >= 15 is 0 Å². The van der Waals surface area contributed by atoms with Crippen LogP contribution in [0.5, 0.6) is 5.75 Å². The Labute approximate surface area is 184 Å². The molecule has 4 rings (SSSR count). The molecule has 0 aliphatic rings. The van der Waals surface area contributed by atoms with Gasteiger partial charge in [0.15, 0.2) is 11.0 Å². The van der Waals surface area contributed by atoms with Crippen molar-refractivity contribution in [1.82, 2.24) is 14.8 Å². The Hall–Kier alpha value is -3.52. The van der Waals surface area contributed by atoms with Gasteiger partial charge in [-0.1, -0.05) is 29.5 Å². The molecular weight excluding hydrogens is 414 g/mol. The number of benzene rings is 2. The van der Waals surface area contributed by atoms with Crippen molar-refractivity contribution in [1.29, 1.82) is 0 Å². The molecule has 2 aromatic heterocycles. The second kappa shape index (κ2) is 9.09. The highest BCUT2D eigenvalue weighted by Gasteiger charge is 2.18. The van der Waals surface area contributed by atoms with Crippen LogP contribution in [0.1, 0.15) is 21.9 Å². The molecule has 8 heteroatoms. The largest absolute Gasteiger partial charge is 0.497 e. The van der Waals surface area contributed by atoms with Crippen molar-refractivity contribution in [3.05, 3.63) is 77.7 Å². The predicted molar refractivity (Wildman–Crippen MR) is 118 cm³/mol. The van der Waals surface area contributed by atoms with Gasteiger partial charge in [0, 0.05) is 11.3 Å². The molecule has 0 N–H and O–H groups in total. The third-order valence-corrected chi connectivity index (χ3v) is 5.62. The van der Waals surface area contributed by atoms with E-state index in [0.29, 0.717) is 16.7 Å². The molecule has 0 spiro atoms. The second-order valence-corrected chi connectivity index (χ2v) is 7.69. The van der Waals surface area contributed by atoms with Crippen LogP contribution < -0.4 is 4.74 Å². The third-order valence-electron chi connectivity index (χ3n) is 4.67. The van der Waals surface area contributed by atoms with E-state index in [1.165, 1.54) is 24.4 Å². The van der Waals surface area contributed by atoms with Crippen LogP contribution in [0.2, 0.25) is 0 Å². The van der Waals surface area contributed by atoms with E-state index in [2.05, 4.69) is 22.3 Å². The number of methoxy groups -OCH3 is 2. The van der Waals surface area contributed by atoms with E-state index in [4.69, 9.17) is 13.9 Å². The summed E-state index contributed by atoms with van der Waals surface area (Å²) >= 11 is 1.47. The zero-order valence-corrected chi connectivity index (χ0v) is 18.2. The number of hydrogen-bond acceptors (Lipinski definition) is 7. The van der Waals surface area contributed by atoms with Gasteiger partial charge in [-0.05, 0) is 55.5 Å². The number of hydrogen-bond donors (Lipinski definition) is 0. The number of aromatic nitrogens is 3. The predicted octanol–water partition coefficient (Wildman–Crippen LogP) is 4.92. The Morgan fingerprint density at radius 2 is 1.74 bits per heavy atom. The number of rotatable bonds is 7. The second-order valence-electron chi connectivity index (χ2n) is 6.75. The maximum absolute atomic E-state index is 11.6. The standard InChI is InChI=1S/C23H21N3O4S/c1-15-4-8-17(9-5-15)26-21(16-6-10-18(28-2)11-7-16)24-25-23(26)31-14-19-12-13-20(30-19)22(27)29-3/h4-13H,14H2,1-3H3. The number of carbonyl (C=O) groups is 1. The Kier molecular flexibility index (Phi) is 6.08. The summed E-state index contributed by atoms with van der Waals surface area (Å²) in [7, 11) is 2.96. The summed E-state index contributed by atoms with van der Waals surface area (Å²) in [6.07, 6.45) is 0. The summed E-state index contributed by atoms with van der Waals surface area (Å²) in [6.45, 7) is 2.05. The normalized spacial score (nSPS) is 10.8. The SMILES string of the molecule is COC(=O)c1ccc(CSc2nnc(-c3ccc(OC)cc3)n2-c2ccc(C)cc2)o1. The molecule has 0 aliphatic carbocycles. The van der Waals surface area contributed by atoms with Gasteiger partial charge in [0.25, 0.3) is 0 Å². The van der Waals surface area contributed by atoms with E-state index in [0.717, 1.165) is 22.8 Å². The Morgan fingerprint density at radius 3 is 2.42 bits per heavy atom. The summed E-state index contributed by atoms with van der Waals surface area (Å²) in [5.74, 6) is 2.32. The van der Waals surface area contributed by atoms with Crippen molar-refractivity contribution >= 4 is 17.7 Å². The molecule has 2 aromatic carbocycles. The molecule has 0 saturated heterocycles. The minimum atomic E-state index is -0.499. The number of ether oxygens (including phenoxy) is 2. The van der Waals surface area contributed by atoms with Crippen molar-refractivity contribution in [3.63, 3.8) is 0 Å². The highest BCUT2D eigenvalue weighted by Crippen LogP contribution is 2.31. The molecule has 0 atom stereocenters. The van der Waals surface area contributed by atoms with Crippen LogP contribution in [-0.2, 0) is 10.5 Å². The van der Waals surface area contributed by atoms with Gasteiger partial charge < -0.3 is 13.9 Å². The molecule has 7 nitrogen and oxygen atoms in total. The Morgan fingerprint density at radius 1 is 1.00 bits per heavy atom. The van der Waals surface area contributed by atoms with Crippen LogP contribution in [0.15, 0.2) is 70.2 Å². The maximum atomic E-state index is 11.6. The topological polar surface area (TPSA) is 79.4 Å². The van der Waals surface area contributed by atoms with E-state index in [9.17, 15) is 4.79 Å². The van der Waals surface area contributed by atoms with Gasteiger partial charge in [-0.15, -0.1) is 10.2 Å². The minimum absolute atomic E-state index is 0.178. The quantitative estimate of drug-likeness (QED) is 0.301. The fourth-order valence-corrected chi connectivity index (χ4v) is 3.86. The lowest BCUT2D eigenvalue weighted by atomic mass is 10.2. The lowest BCUT2D eigenvalue weighted by Gasteiger charge is -2.11. The number of nitrogens with zero attached hydrogens (tertiary/aromatic N) is 3. The van der Waals surface area contributed by atoms with E-state index in [1.54, 1.807) is 19.2 Å². The first-order valence-electron chi connectivity index (χ1n) is 9.55. The van der Waals surface area contributed by atoms with E-state index < -0.39 is 5.97 Å². The van der Waals surface area contributed by atoms with Crippen molar-refractivity contribution in [2.24, 2.45) is 0 Å². The first-order chi connectivity index (χ1) is 15.1. The van der Waals surface area contributed by atoms with Crippen LogP contribution in [0.25, 0.3) is 17.1 Å². The first kappa shape index (κ1) is 20.7. The molecule has 2 heterocycles. The summed E-state index contributed by atoms with van der Waals surface area (Å²) in [5, 5.41) is 9.58. The molecule has 0 bridgehead atoms. The average molecular weight is 436 g/mol. The maximum Gasteiger partial charge on any atom is 0.373 e. The van der Waals surface area contributed by atoms with Gasteiger partial charge in [-0.3, -0.25) is 4.57 Å². The monoisotopic (exact) mass is 435 g/mol. The van der Waals surface area contributed by atoms with E-state index in [-0.39, 0.29) is 5.76 Å². The first-order valence-corrected chi connectivity index (χ1v) is 10.5. The van der Waals surface area contributed by atoms with Crippen LogP contribution in [0.4, 0.5) is 0 Å². The fourth-order valence-electron chi connectivity index (χ4n) is 3.02. The van der Waals surface area contributed by atoms with Gasteiger partial charge in [0.2, 0.25) is 5.76 Å². The molecule has 0 aliphatic heterocycles. The third kappa shape index (κ3) is 4.49. The van der Waals surface area contributed by atoms with Crippen molar-refractivity contribution in [2.75, 3.05) is 14.2 Å². The lowest BCUT2D eigenvalue weighted by molar-refractivity contribution is 0.0563. The van der Waals surface area contributed by atoms with Crippen molar-refractivity contribution in [2.45, 2.75) is 17.8 Å². The smallest absolute Gasteiger partial charge is 0.373 e. The number of thioether (sulfide) groups is 1. The van der Waals surface area contributed by atoms with Gasteiger partial charge >= 0.3 is 5.97 Å². The van der Waals surface area contributed by atoms with Gasteiger partial charge in [0.05, 0.1) is 20.0 Å². The molecule has 0 saturated carbocycles. The molecule has 0 fully saturated rings. The van der Waals surface area contributed by atoms with Crippen LogP contribution in [0.3, 0.4) is 0 Å². The summed E-state index contributed by atoms with van der Waals surface area (Å²) in [4.78, 5) is 11.6. The minimum Gasteiger partial charge on any atom is -0.497 e. The van der Waals surface area contributed by atoms with Crippen LogP contribution >= 0.6 is 11.8 Å². The zero-order valence-electron chi connectivity index (χ0n) is 17.4. The molecule has 0 amide bonds. The highest BCUT2D eigenvalue weighted by atomic mass is 32.2. The molecule has 4 aromatic rings. The summed E-state index contributed by atoms with van der Waals surface area (Å²) in [5.41, 5.74) is 3.05. The number of aryl methyl sites for hydroxylation is 1. The van der Waals surface area contributed by atoms with Gasteiger partial charge in [-0.2, -0.15) is 0 Å².